The number of nitrogens with one attached hydrogen (secondary N) is 1. The van der Waals surface area contributed by atoms with E-state index in [-0.39, 0.29) is 24.3 Å². The third-order valence-electron chi connectivity index (χ3n) is 5.14. The first kappa shape index (κ1) is 23.6. The Bertz CT molecular complexity index is 1020. The van der Waals surface area contributed by atoms with Crippen LogP contribution in [0.15, 0.2) is 84.9 Å². The Kier molecular flexibility index (Phi) is 8.46. The summed E-state index contributed by atoms with van der Waals surface area (Å²) in [7, 11) is 0. The van der Waals surface area contributed by atoms with E-state index in [1.807, 2.05) is 86.6 Å². The van der Waals surface area contributed by atoms with E-state index in [9.17, 15) is 9.59 Å². The maximum absolute atomic E-state index is 13.6. The molecule has 0 aliphatic carbocycles. The van der Waals surface area contributed by atoms with E-state index in [1.165, 1.54) is 0 Å². The number of carbonyl (C=O) groups excluding carboxylic acids is 2. The Balaban J connectivity index is 1.95. The summed E-state index contributed by atoms with van der Waals surface area (Å²) in [5.74, 6) is -0.268. The average molecular weight is 449 g/mol. The standard InChI is InChI=1S/C27H29ClN2O2/c1-20(2)29-27(32)25(17-21-10-5-3-6-11-21)30(19-22-12-7-4-8-13-22)26(31)18-23-14-9-15-24(28)16-23/h3-16,20,25H,17-19H2,1-2H3,(H,29,32). The molecule has 1 atom stereocenters. The molecule has 32 heavy (non-hydrogen) atoms. The van der Waals surface area contributed by atoms with Crippen LogP contribution < -0.4 is 5.32 Å². The second-order valence-electron chi connectivity index (χ2n) is 8.18. The number of hydrogen-bond acceptors (Lipinski definition) is 2. The van der Waals surface area contributed by atoms with Crippen LogP contribution in [0.5, 0.6) is 0 Å². The summed E-state index contributed by atoms with van der Waals surface area (Å²) >= 11 is 6.13. The third kappa shape index (κ3) is 6.96. The van der Waals surface area contributed by atoms with Crippen LogP contribution in [0.4, 0.5) is 0 Å². The van der Waals surface area contributed by atoms with Gasteiger partial charge in [-0.1, -0.05) is 84.4 Å². The highest BCUT2D eigenvalue weighted by molar-refractivity contribution is 6.30. The third-order valence-corrected chi connectivity index (χ3v) is 5.38. The molecule has 3 rings (SSSR count). The Morgan fingerprint density at radius 1 is 0.844 bits per heavy atom. The summed E-state index contributed by atoms with van der Waals surface area (Å²) in [5.41, 5.74) is 2.80. The fraction of sp³-hybridized carbons (Fsp3) is 0.259. The zero-order valence-corrected chi connectivity index (χ0v) is 19.3. The van der Waals surface area contributed by atoms with Gasteiger partial charge in [0.05, 0.1) is 6.42 Å². The molecule has 5 heteroatoms. The van der Waals surface area contributed by atoms with E-state index in [0.717, 1.165) is 16.7 Å². The van der Waals surface area contributed by atoms with Gasteiger partial charge in [0.1, 0.15) is 6.04 Å². The highest BCUT2D eigenvalue weighted by Gasteiger charge is 2.30. The smallest absolute Gasteiger partial charge is 0.243 e. The van der Waals surface area contributed by atoms with Crippen LogP contribution in [0.1, 0.15) is 30.5 Å². The molecule has 0 saturated heterocycles. The lowest BCUT2D eigenvalue weighted by atomic mass is 10.0. The average Bonchev–Trinajstić information content (AvgIpc) is 2.77. The number of nitrogens with zero attached hydrogens (tertiary/aromatic N) is 1. The lowest BCUT2D eigenvalue weighted by Gasteiger charge is -2.32. The Morgan fingerprint density at radius 3 is 2.03 bits per heavy atom. The van der Waals surface area contributed by atoms with E-state index in [2.05, 4.69) is 5.32 Å². The summed E-state index contributed by atoms with van der Waals surface area (Å²) in [6.07, 6.45) is 0.612. The molecule has 0 saturated carbocycles. The number of benzene rings is 3. The van der Waals surface area contributed by atoms with Gasteiger partial charge in [-0.2, -0.15) is 0 Å². The highest BCUT2D eigenvalue weighted by atomic mass is 35.5. The summed E-state index contributed by atoms with van der Waals surface area (Å²) < 4.78 is 0. The number of halogens is 1. The maximum atomic E-state index is 13.6. The van der Waals surface area contributed by atoms with Crippen LogP contribution in [-0.4, -0.2) is 28.8 Å². The molecular formula is C27H29ClN2O2. The minimum absolute atomic E-state index is 0.0256. The Hall–Kier alpha value is -3.11. The fourth-order valence-electron chi connectivity index (χ4n) is 3.64. The Morgan fingerprint density at radius 2 is 1.44 bits per heavy atom. The van der Waals surface area contributed by atoms with Crippen molar-refractivity contribution in [1.82, 2.24) is 10.2 Å². The van der Waals surface area contributed by atoms with Gasteiger partial charge in [-0.05, 0) is 42.7 Å². The molecule has 1 unspecified atom stereocenters. The minimum Gasteiger partial charge on any atom is -0.352 e. The van der Waals surface area contributed by atoms with Crippen LogP contribution in [0, 0.1) is 0 Å². The van der Waals surface area contributed by atoms with Gasteiger partial charge in [0, 0.05) is 24.0 Å². The summed E-state index contributed by atoms with van der Waals surface area (Å²) in [4.78, 5) is 28.5. The van der Waals surface area contributed by atoms with Gasteiger partial charge >= 0.3 is 0 Å². The van der Waals surface area contributed by atoms with Gasteiger partial charge in [-0.3, -0.25) is 9.59 Å². The van der Waals surface area contributed by atoms with E-state index in [1.54, 1.807) is 17.0 Å². The van der Waals surface area contributed by atoms with Gasteiger partial charge in [-0.25, -0.2) is 0 Å². The first-order valence-electron chi connectivity index (χ1n) is 10.8. The van der Waals surface area contributed by atoms with Crippen molar-refractivity contribution in [2.45, 2.75) is 45.3 Å². The minimum atomic E-state index is -0.633. The van der Waals surface area contributed by atoms with Gasteiger partial charge in [0.2, 0.25) is 11.8 Å². The molecule has 0 radical (unpaired) electrons. The van der Waals surface area contributed by atoms with Gasteiger partial charge in [-0.15, -0.1) is 0 Å². The number of rotatable bonds is 9. The zero-order valence-electron chi connectivity index (χ0n) is 18.5. The SMILES string of the molecule is CC(C)NC(=O)C(Cc1ccccc1)N(Cc1ccccc1)C(=O)Cc1cccc(Cl)c1. The molecule has 1 N–H and O–H groups in total. The molecular weight excluding hydrogens is 420 g/mol. The molecule has 3 aromatic rings. The van der Waals surface area contributed by atoms with E-state index >= 15 is 0 Å². The normalized spacial score (nSPS) is 11.8. The van der Waals surface area contributed by atoms with Crippen LogP contribution in [0.25, 0.3) is 0 Å². The first-order chi connectivity index (χ1) is 15.4. The van der Waals surface area contributed by atoms with Crippen molar-refractivity contribution in [2.75, 3.05) is 0 Å². The molecule has 2 amide bonds. The molecule has 0 aromatic heterocycles. The topological polar surface area (TPSA) is 49.4 Å². The molecule has 166 valence electrons. The highest BCUT2D eigenvalue weighted by Crippen LogP contribution is 2.18. The Labute approximate surface area is 195 Å². The van der Waals surface area contributed by atoms with E-state index in [4.69, 9.17) is 11.6 Å². The number of hydrogen-bond donors (Lipinski definition) is 1. The second kappa shape index (κ2) is 11.5. The van der Waals surface area contributed by atoms with Crippen molar-refractivity contribution in [3.8, 4) is 0 Å². The fourth-order valence-corrected chi connectivity index (χ4v) is 3.85. The molecule has 0 fully saturated rings. The molecule has 0 heterocycles. The molecule has 0 bridgehead atoms. The van der Waals surface area contributed by atoms with Crippen molar-refractivity contribution in [1.29, 1.82) is 0 Å². The van der Waals surface area contributed by atoms with Crippen molar-refractivity contribution in [2.24, 2.45) is 0 Å². The van der Waals surface area contributed by atoms with Crippen LogP contribution >= 0.6 is 11.6 Å². The predicted molar refractivity (Wildman–Crippen MR) is 129 cm³/mol. The largest absolute Gasteiger partial charge is 0.352 e. The van der Waals surface area contributed by atoms with E-state index < -0.39 is 6.04 Å². The quantitative estimate of drug-likeness (QED) is 0.498. The number of amides is 2. The zero-order chi connectivity index (χ0) is 22.9. The molecule has 0 aliphatic heterocycles. The molecule has 4 nitrogen and oxygen atoms in total. The van der Waals surface area contributed by atoms with Crippen LogP contribution in [0.3, 0.4) is 0 Å². The van der Waals surface area contributed by atoms with Crippen molar-refractivity contribution >= 4 is 23.4 Å². The molecule has 0 spiro atoms. The van der Waals surface area contributed by atoms with Crippen molar-refractivity contribution in [3.63, 3.8) is 0 Å². The monoisotopic (exact) mass is 448 g/mol. The summed E-state index contributed by atoms with van der Waals surface area (Å²) in [6.45, 7) is 4.20. The van der Waals surface area contributed by atoms with Crippen LogP contribution in [0.2, 0.25) is 5.02 Å². The lowest BCUT2D eigenvalue weighted by molar-refractivity contribution is -0.141. The van der Waals surface area contributed by atoms with E-state index in [0.29, 0.717) is 18.0 Å². The maximum Gasteiger partial charge on any atom is 0.243 e. The van der Waals surface area contributed by atoms with Crippen LogP contribution in [-0.2, 0) is 29.0 Å². The van der Waals surface area contributed by atoms with Gasteiger partial charge < -0.3 is 10.2 Å². The van der Waals surface area contributed by atoms with Gasteiger partial charge in [0.25, 0.3) is 0 Å². The lowest BCUT2D eigenvalue weighted by Crippen LogP contribution is -2.52. The van der Waals surface area contributed by atoms with Gasteiger partial charge in [0.15, 0.2) is 0 Å². The molecule has 3 aromatic carbocycles. The first-order valence-corrected chi connectivity index (χ1v) is 11.2. The summed E-state index contributed by atoms with van der Waals surface area (Å²) in [5, 5.41) is 3.59. The number of carbonyl (C=O) groups is 2. The van der Waals surface area contributed by atoms with Crippen molar-refractivity contribution in [3.05, 3.63) is 107 Å². The van der Waals surface area contributed by atoms with Crippen molar-refractivity contribution < 1.29 is 9.59 Å². The summed E-state index contributed by atoms with van der Waals surface area (Å²) in [6, 6.07) is 26.2. The molecule has 0 aliphatic rings. The second-order valence-corrected chi connectivity index (χ2v) is 8.62. The predicted octanol–water partition coefficient (Wildman–Crippen LogP) is 5.05.